The summed E-state index contributed by atoms with van der Waals surface area (Å²) in [5.41, 5.74) is 1.39. The third-order valence-electron chi connectivity index (χ3n) is 5.16. The first kappa shape index (κ1) is 15.1. The molecule has 3 heteroatoms. The van der Waals surface area contributed by atoms with Crippen LogP contribution in [0, 0.1) is 11.8 Å². The number of furan rings is 1. The minimum absolute atomic E-state index is 0.685. The summed E-state index contributed by atoms with van der Waals surface area (Å²) in [7, 11) is 0. The second-order valence-corrected chi connectivity index (χ2v) is 7.26. The molecule has 1 aromatic heterocycles. The first-order valence-electron chi connectivity index (χ1n) is 8.74. The zero-order valence-corrected chi connectivity index (χ0v) is 13.6. The van der Waals surface area contributed by atoms with Crippen LogP contribution in [0.15, 0.2) is 16.7 Å². The fourth-order valence-electron chi connectivity index (χ4n) is 4.11. The zero-order chi connectivity index (χ0) is 14.7. The van der Waals surface area contributed by atoms with Gasteiger partial charge in [0.25, 0.3) is 0 Å². The number of rotatable bonds is 6. The highest BCUT2D eigenvalue weighted by molar-refractivity contribution is 5.17. The highest BCUT2D eigenvalue weighted by Crippen LogP contribution is 2.37. The molecular weight excluding hydrogens is 260 g/mol. The summed E-state index contributed by atoms with van der Waals surface area (Å²) in [4.78, 5) is 2.72. The number of nitrogens with zero attached hydrogens (tertiary/aromatic N) is 1. The third-order valence-corrected chi connectivity index (χ3v) is 5.16. The number of hydrogen-bond acceptors (Lipinski definition) is 3. The van der Waals surface area contributed by atoms with E-state index in [1.807, 2.05) is 6.26 Å². The minimum Gasteiger partial charge on any atom is -0.468 e. The van der Waals surface area contributed by atoms with Gasteiger partial charge in [0.15, 0.2) is 0 Å². The molecule has 3 nitrogen and oxygen atoms in total. The van der Waals surface area contributed by atoms with Crippen molar-refractivity contribution in [1.82, 2.24) is 10.2 Å². The van der Waals surface area contributed by atoms with Gasteiger partial charge < -0.3 is 9.73 Å². The maximum Gasteiger partial charge on any atom is 0.122 e. The molecule has 3 rings (SSSR count). The summed E-state index contributed by atoms with van der Waals surface area (Å²) >= 11 is 0. The van der Waals surface area contributed by atoms with Gasteiger partial charge in [0.2, 0.25) is 0 Å². The molecule has 2 atom stereocenters. The average Bonchev–Trinajstić information content (AvgIpc) is 3.08. The van der Waals surface area contributed by atoms with Crippen LogP contribution in [0.3, 0.4) is 0 Å². The number of hydrogen-bond donors (Lipinski definition) is 1. The molecule has 1 N–H and O–H groups in total. The molecule has 1 saturated carbocycles. The SMILES string of the molecule is CC(C)CNCc1occc1CN1CCCC2CCCC21. The summed E-state index contributed by atoms with van der Waals surface area (Å²) in [6.45, 7) is 8.74. The molecule has 0 amide bonds. The van der Waals surface area contributed by atoms with Gasteiger partial charge in [0.1, 0.15) is 5.76 Å². The van der Waals surface area contributed by atoms with Crippen molar-refractivity contribution in [2.24, 2.45) is 11.8 Å². The summed E-state index contributed by atoms with van der Waals surface area (Å²) in [6, 6.07) is 3.01. The van der Waals surface area contributed by atoms with Gasteiger partial charge in [-0.3, -0.25) is 4.90 Å². The zero-order valence-electron chi connectivity index (χ0n) is 13.6. The third kappa shape index (κ3) is 3.70. The second kappa shape index (κ2) is 6.97. The molecule has 1 aliphatic heterocycles. The Kier molecular flexibility index (Phi) is 5.02. The van der Waals surface area contributed by atoms with E-state index in [1.54, 1.807) is 0 Å². The molecule has 0 radical (unpaired) electrons. The van der Waals surface area contributed by atoms with Gasteiger partial charge in [-0.25, -0.2) is 0 Å². The van der Waals surface area contributed by atoms with Gasteiger partial charge in [-0.05, 0) is 56.7 Å². The van der Waals surface area contributed by atoms with Gasteiger partial charge in [0.05, 0.1) is 12.8 Å². The molecule has 0 bridgehead atoms. The minimum atomic E-state index is 0.685. The van der Waals surface area contributed by atoms with Gasteiger partial charge >= 0.3 is 0 Å². The van der Waals surface area contributed by atoms with E-state index in [9.17, 15) is 0 Å². The predicted molar refractivity (Wildman–Crippen MR) is 86.0 cm³/mol. The van der Waals surface area contributed by atoms with E-state index in [0.29, 0.717) is 5.92 Å². The monoisotopic (exact) mass is 290 g/mol. The highest BCUT2D eigenvalue weighted by atomic mass is 16.3. The maximum atomic E-state index is 5.71. The Bertz CT molecular complexity index is 440. The van der Waals surface area contributed by atoms with Gasteiger partial charge in [-0.2, -0.15) is 0 Å². The Morgan fingerprint density at radius 1 is 1.29 bits per heavy atom. The van der Waals surface area contributed by atoms with Crippen molar-refractivity contribution < 1.29 is 4.42 Å². The average molecular weight is 290 g/mol. The first-order valence-corrected chi connectivity index (χ1v) is 8.74. The van der Waals surface area contributed by atoms with Crippen LogP contribution in [0.5, 0.6) is 0 Å². The molecule has 1 aromatic rings. The van der Waals surface area contributed by atoms with E-state index in [2.05, 4.69) is 30.1 Å². The van der Waals surface area contributed by atoms with Gasteiger partial charge in [-0.15, -0.1) is 0 Å². The van der Waals surface area contributed by atoms with E-state index in [4.69, 9.17) is 4.42 Å². The summed E-state index contributed by atoms with van der Waals surface area (Å²) in [5, 5.41) is 3.50. The first-order chi connectivity index (χ1) is 10.2. The summed E-state index contributed by atoms with van der Waals surface area (Å²) in [5.74, 6) is 2.79. The van der Waals surface area contributed by atoms with Crippen molar-refractivity contribution >= 4 is 0 Å². The molecule has 118 valence electrons. The van der Waals surface area contributed by atoms with Crippen LogP contribution in [0.1, 0.15) is 57.3 Å². The molecule has 2 aliphatic rings. The highest BCUT2D eigenvalue weighted by Gasteiger charge is 2.35. The van der Waals surface area contributed by atoms with Gasteiger partial charge in [0, 0.05) is 18.2 Å². The van der Waals surface area contributed by atoms with Gasteiger partial charge in [-0.1, -0.05) is 20.3 Å². The number of fused-ring (bicyclic) bond motifs is 1. The number of likely N-dealkylation sites (tertiary alicyclic amines) is 1. The molecule has 2 heterocycles. The summed E-state index contributed by atoms with van der Waals surface area (Å²) < 4.78 is 5.71. The van der Waals surface area contributed by atoms with E-state index in [0.717, 1.165) is 37.4 Å². The van der Waals surface area contributed by atoms with E-state index in [1.165, 1.54) is 44.2 Å². The summed E-state index contributed by atoms with van der Waals surface area (Å²) in [6.07, 6.45) is 8.98. The fraction of sp³-hybridized carbons (Fsp3) is 0.778. The van der Waals surface area contributed by atoms with Crippen molar-refractivity contribution in [3.8, 4) is 0 Å². The smallest absolute Gasteiger partial charge is 0.122 e. The van der Waals surface area contributed by atoms with Crippen LogP contribution in [0.25, 0.3) is 0 Å². The normalized spacial score (nSPS) is 26.4. The number of nitrogens with one attached hydrogen (secondary N) is 1. The van der Waals surface area contributed by atoms with E-state index in [-0.39, 0.29) is 0 Å². The Balaban J connectivity index is 1.58. The Labute approximate surface area is 129 Å². The van der Waals surface area contributed by atoms with Crippen LogP contribution in [0.2, 0.25) is 0 Å². The van der Waals surface area contributed by atoms with Crippen LogP contribution >= 0.6 is 0 Å². The maximum absolute atomic E-state index is 5.71. The lowest BCUT2D eigenvalue weighted by molar-refractivity contribution is 0.105. The molecular formula is C18H30N2O. The van der Waals surface area contributed by atoms with Crippen LogP contribution in [-0.4, -0.2) is 24.0 Å². The molecule has 21 heavy (non-hydrogen) atoms. The Morgan fingerprint density at radius 3 is 3.00 bits per heavy atom. The lowest BCUT2D eigenvalue weighted by Crippen LogP contribution is -2.42. The number of piperidine rings is 1. The molecule has 2 unspecified atom stereocenters. The lowest BCUT2D eigenvalue weighted by Gasteiger charge is -2.37. The van der Waals surface area contributed by atoms with Crippen molar-refractivity contribution in [3.05, 3.63) is 23.7 Å². The standard InChI is InChI=1S/C18H30N2O/c1-14(2)11-19-12-18-16(8-10-21-18)13-20-9-4-6-15-5-3-7-17(15)20/h8,10,14-15,17,19H,3-7,9,11-13H2,1-2H3. The van der Waals surface area contributed by atoms with Crippen molar-refractivity contribution in [2.45, 2.75) is 65.1 Å². The fourth-order valence-corrected chi connectivity index (χ4v) is 4.11. The molecule has 0 spiro atoms. The largest absolute Gasteiger partial charge is 0.468 e. The second-order valence-electron chi connectivity index (χ2n) is 7.26. The Hall–Kier alpha value is -0.800. The van der Waals surface area contributed by atoms with E-state index < -0.39 is 0 Å². The van der Waals surface area contributed by atoms with Crippen LogP contribution in [0.4, 0.5) is 0 Å². The molecule has 0 aromatic carbocycles. The van der Waals surface area contributed by atoms with E-state index >= 15 is 0 Å². The van der Waals surface area contributed by atoms with Crippen molar-refractivity contribution in [3.63, 3.8) is 0 Å². The van der Waals surface area contributed by atoms with Crippen LogP contribution in [-0.2, 0) is 13.1 Å². The van der Waals surface area contributed by atoms with Crippen molar-refractivity contribution in [2.75, 3.05) is 13.1 Å². The van der Waals surface area contributed by atoms with Crippen molar-refractivity contribution in [1.29, 1.82) is 0 Å². The lowest BCUT2D eigenvalue weighted by atomic mass is 9.91. The quantitative estimate of drug-likeness (QED) is 0.864. The molecule has 2 fully saturated rings. The van der Waals surface area contributed by atoms with Crippen LogP contribution < -0.4 is 5.32 Å². The molecule has 1 saturated heterocycles. The predicted octanol–water partition coefficient (Wildman–Crippen LogP) is 3.79. The topological polar surface area (TPSA) is 28.4 Å². The molecule has 1 aliphatic carbocycles. The Morgan fingerprint density at radius 2 is 2.14 bits per heavy atom.